The van der Waals surface area contributed by atoms with Crippen molar-refractivity contribution in [2.24, 2.45) is 0 Å². The van der Waals surface area contributed by atoms with Crippen LogP contribution in [0.5, 0.6) is 0 Å². The van der Waals surface area contributed by atoms with E-state index in [2.05, 4.69) is 15.9 Å². The normalized spacial score (nSPS) is 17.8. The standard InChI is InChI=1S/C24H15BrCl2FNO3/c1-12-10-14(2-8-17(12)25)22(30)20-21(13-3-9-18(26)19(27)11-13)29(24(32)23(20)31)16-6-4-15(28)5-7-16/h2-11,21,30H,1H3/b22-20-. The smallest absolute Gasteiger partial charge is 0.300 e. The molecule has 1 atom stereocenters. The van der Waals surface area contributed by atoms with Crippen molar-refractivity contribution in [1.29, 1.82) is 0 Å². The van der Waals surface area contributed by atoms with E-state index in [9.17, 15) is 19.1 Å². The second kappa shape index (κ2) is 8.70. The molecule has 0 spiro atoms. The quantitative estimate of drug-likeness (QED) is 0.227. The molecule has 8 heteroatoms. The molecule has 1 saturated heterocycles. The van der Waals surface area contributed by atoms with Crippen LogP contribution in [0, 0.1) is 12.7 Å². The van der Waals surface area contributed by atoms with Crippen LogP contribution in [0.3, 0.4) is 0 Å². The fourth-order valence-corrected chi connectivity index (χ4v) is 4.20. The predicted molar refractivity (Wildman–Crippen MR) is 127 cm³/mol. The molecule has 162 valence electrons. The van der Waals surface area contributed by atoms with Crippen molar-refractivity contribution in [3.63, 3.8) is 0 Å². The van der Waals surface area contributed by atoms with Gasteiger partial charge in [-0.2, -0.15) is 0 Å². The Kier molecular flexibility index (Phi) is 6.12. The molecular weight excluding hydrogens is 520 g/mol. The SMILES string of the molecule is Cc1cc(/C(O)=C2/C(=O)C(=O)N(c3ccc(F)cc3)C2c2ccc(Cl)c(Cl)c2)ccc1Br. The number of hydrogen-bond acceptors (Lipinski definition) is 3. The molecule has 1 fully saturated rings. The molecule has 1 aliphatic rings. The summed E-state index contributed by atoms with van der Waals surface area (Å²) < 4.78 is 14.3. The number of benzene rings is 3. The zero-order chi connectivity index (χ0) is 23.2. The van der Waals surface area contributed by atoms with E-state index in [1.165, 1.54) is 35.2 Å². The van der Waals surface area contributed by atoms with Crippen molar-refractivity contribution in [2.45, 2.75) is 13.0 Å². The van der Waals surface area contributed by atoms with Gasteiger partial charge in [0.2, 0.25) is 0 Å². The molecule has 1 N–H and O–H groups in total. The van der Waals surface area contributed by atoms with E-state index in [1.807, 2.05) is 6.92 Å². The van der Waals surface area contributed by atoms with Crippen molar-refractivity contribution >= 4 is 62.3 Å². The van der Waals surface area contributed by atoms with E-state index < -0.39 is 23.5 Å². The van der Waals surface area contributed by atoms with E-state index in [0.29, 0.717) is 21.8 Å². The fraction of sp³-hybridized carbons (Fsp3) is 0.0833. The third-order valence-electron chi connectivity index (χ3n) is 5.24. The van der Waals surface area contributed by atoms with Crippen LogP contribution in [0.1, 0.15) is 22.7 Å². The maximum atomic E-state index is 13.5. The molecule has 1 unspecified atom stereocenters. The molecule has 0 aromatic heterocycles. The highest BCUT2D eigenvalue weighted by molar-refractivity contribution is 9.10. The van der Waals surface area contributed by atoms with Gasteiger partial charge in [-0.25, -0.2) is 4.39 Å². The Morgan fingerprint density at radius 2 is 1.69 bits per heavy atom. The third kappa shape index (κ3) is 3.94. The summed E-state index contributed by atoms with van der Waals surface area (Å²) in [7, 11) is 0. The first-order valence-electron chi connectivity index (χ1n) is 9.47. The zero-order valence-electron chi connectivity index (χ0n) is 16.6. The number of rotatable bonds is 3. The maximum absolute atomic E-state index is 13.5. The molecule has 1 aliphatic heterocycles. The molecule has 3 aromatic carbocycles. The van der Waals surface area contributed by atoms with Gasteiger partial charge in [0, 0.05) is 15.7 Å². The van der Waals surface area contributed by atoms with Crippen LogP contribution in [0.25, 0.3) is 5.76 Å². The number of halogens is 4. The number of aliphatic hydroxyl groups excluding tert-OH is 1. The Bertz CT molecular complexity index is 1290. The highest BCUT2D eigenvalue weighted by Crippen LogP contribution is 2.43. The average molecular weight is 535 g/mol. The molecule has 1 amide bonds. The Hall–Kier alpha value is -2.67. The van der Waals surface area contributed by atoms with E-state index in [4.69, 9.17) is 23.2 Å². The van der Waals surface area contributed by atoms with Gasteiger partial charge < -0.3 is 5.11 Å². The first-order valence-corrected chi connectivity index (χ1v) is 11.0. The Labute approximate surface area is 202 Å². The molecular formula is C24H15BrCl2FNO3. The number of aryl methyl sites for hydroxylation is 1. The minimum Gasteiger partial charge on any atom is -0.507 e. The van der Waals surface area contributed by atoms with Gasteiger partial charge in [0.05, 0.1) is 21.7 Å². The number of anilines is 1. The summed E-state index contributed by atoms with van der Waals surface area (Å²) >= 11 is 15.7. The Morgan fingerprint density at radius 1 is 1.00 bits per heavy atom. The highest BCUT2D eigenvalue weighted by Gasteiger charge is 2.47. The van der Waals surface area contributed by atoms with Crippen molar-refractivity contribution in [3.05, 3.63) is 103 Å². The zero-order valence-corrected chi connectivity index (χ0v) is 19.7. The minimum absolute atomic E-state index is 0.0977. The average Bonchev–Trinajstić information content (AvgIpc) is 3.03. The van der Waals surface area contributed by atoms with Crippen LogP contribution in [0.4, 0.5) is 10.1 Å². The number of Topliss-reactive ketones (excluding diaryl/α,β-unsaturated/α-hetero) is 1. The first kappa shape index (κ1) is 22.5. The number of carbonyl (C=O) groups excluding carboxylic acids is 2. The van der Waals surface area contributed by atoms with Gasteiger partial charge in [-0.1, -0.05) is 51.3 Å². The van der Waals surface area contributed by atoms with Gasteiger partial charge in [0.15, 0.2) is 0 Å². The molecule has 1 heterocycles. The van der Waals surface area contributed by atoms with Gasteiger partial charge in [-0.05, 0) is 66.6 Å². The summed E-state index contributed by atoms with van der Waals surface area (Å²) in [5, 5.41) is 11.7. The lowest BCUT2D eigenvalue weighted by Crippen LogP contribution is -2.29. The molecule has 4 rings (SSSR count). The van der Waals surface area contributed by atoms with Crippen molar-refractivity contribution in [1.82, 2.24) is 0 Å². The lowest BCUT2D eigenvalue weighted by molar-refractivity contribution is -0.132. The lowest BCUT2D eigenvalue weighted by atomic mass is 9.94. The first-order chi connectivity index (χ1) is 15.2. The Balaban J connectivity index is 1.97. The lowest BCUT2D eigenvalue weighted by Gasteiger charge is -2.25. The summed E-state index contributed by atoms with van der Waals surface area (Å²) in [6.07, 6.45) is 0. The van der Waals surface area contributed by atoms with Gasteiger partial charge in [0.1, 0.15) is 11.6 Å². The molecule has 0 saturated carbocycles. The summed E-state index contributed by atoms with van der Waals surface area (Å²) in [5.74, 6) is -2.51. The molecule has 0 aliphatic carbocycles. The van der Waals surface area contributed by atoms with E-state index >= 15 is 0 Å². The predicted octanol–water partition coefficient (Wildman–Crippen LogP) is 6.83. The molecule has 0 bridgehead atoms. The van der Waals surface area contributed by atoms with Crippen LogP contribution < -0.4 is 4.90 Å². The van der Waals surface area contributed by atoms with Crippen molar-refractivity contribution < 1.29 is 19.1 Å². The summed E-state index contributed by atoms with van der Waals surface area (Å²) in [6.45, 7) is 1.84. The number of hydrogen-bond donors (Lipinski definition) is 1. The van der Waals surface area contributed by atoms with Crippen LogP contribution in [-0.2, 0) is 9.59 Å². The number of amides is 1. The van der Waals surface area contributed by atoms with Crippen LogP contribution >= 0.6 is 39.1 Å². The number of nitrogens with zero attached hydrogens (tertiary/aromatic N) is 1. The highest BCUT2D eigenvalue weighted by atomic mass is 79.9. The largest absolute Gasteiger partial charge is 0.507 e. The number of carbonyl (C=O) groups is 2. The minimum atomic E-state index is -0.987. The van der Waals surface area contributed by atoms with Gasteiger partial charge in [-0.15, -0.1) is 0 Å². The van der Waals surface area contributed by atoms with Crippen LogP contribution in [-0.4, -0.2) is 16.8 Å². The Morgan fingerprint density at radius 3 is 2.31 bits per heavy atom. The van der Waals surface area contributed by atoms with Gasteiger partial charge >= 0.3 is 0 Å². The van der Waals surface area contributed by atoms with Gasteiger partial charge in [-0.3, -0.25) is 14.5 Å². The topological polar surface area (TPSA) is 57.6 Å². The fourth-order valence-electron chi connectivity index (χ4n) is 3.65. The number of aliphatic hydroxyl groups is 1. The molecule has 32 heavy (non-hydrogen) atoms. The van der Waals surface area contributed by atoms with Gasteiger partial charge in [0.25, 0.3) is 11.7 Å². The van der Waals surface area contributed by atoms with Crippen LogP contribution in [0.15, 0.2) is 70.7 Å². The number of ketones is 1. The second-order valence-electron chi connectivity index (χ2n) is 7.28. The monoisotopic (exact) mass is 533 g/mol. The van der Waals surface area contributed by atoms with E-state index in [0.717, 1.165) is 10.0 Å². The molecule has 3 aromatic rings. The van der Waals surface area contributed by atoms with Crippen molar-refractivity contribution in [2.75, 3.05) is 4.90 Å². The maximum Gasteiger partial charge on any atom is 0.300 e. The summed E-state index contributed by atoms with van der Waals surface area (Å²) in [5.41, 5.74) is 1.90. The molecule has 0 radical (unpaired) electrons. The summed E-state index contributed by atoms with van der Waals surface area (Å²) in [6, 6.07) is 14.0. The third-order valence-corrected chi connectivity index (χ3v) is 6.87. The van der Waals surface area contributed by atoms with Crippen molar-refractivity contribution in [3.8, 4) is 0 Å². The van der Waals surface area contributed by atoms with Crippen LogP contribution in [0.2, 0.25) is 10.0 Å². The summed E-state index contributed by atoms with van der Waals surface area (Å²) in [4.78, 5) is 27.4. The van der Waals surface area contributed by atoms with E-state index in [1.54, 1.807) is 30.3 Å². The molecule has 4 nitrogen and oxygen atoms in total. The van der Waals surface area contributed by atoms with E-state index in [-0.39, 0.29) is 16.4 Å². The second-order valence-corrected chi connectivity index (χ2v) is 8.95.